The van der Waals surface area contributed by atoms with Crippen molar-refractivity contribution in [1.29, 1.82) is 0 Å². The van der Waals surface area contributed by atoms with Gasteiger partial charge in [-0.25, -0.2) is 4.79 Å². The van der Waals surface area contributed by atoms with Crippen LogP contribution < -0.4 is 16.4 Å². The Morgan fingerprint density at radius 3 is 2.22 bits per heavy atom. The van der Waals surface area contributed by atoms with E-state index in [2.05, 4.69) is 10.6 Å². The molecule has 0 aromatic heterocycles. The number of rotatable bonds is 8. The van der Waals surface area contributed by atoms with Gasteiger partial charge < -0.3 is 20.5 Å². The summed E-state index contributed by atoms with van der Waals surface area (Å²) in [6, 6.07) is 18.9. The molecule has 0 heterocycles. The summed E-state index contributed by atoms with van der Waals surface area (Å²) >= 11 is 6.20. The van der Waals surface area contributed by atoms with Crippen LogP contribution in [0, 0.1) is 0 Å². The molecule has 4 N–H and O–H groups in total. The van der Waals surface area contributed by atoms with Crippen molar-refractivity contribution in [3.63, 3.8) is 0 Å². The highest BCUT2D eigenvalue weighted by atomic mass is 35.5. The van der Waals surface area contributed by atoms with E-state index >= 15 is 0 Å². The minimum Gasteiger partial charge on any atom is -0.460 e. The summed E-state index contributed by atoms with van der Waals surface area (Å²) < 4.78 is 10.6. The van der Waals surface area contributed by atoms with E-state index in [9.17, 15) is 14.4 Å². The van der Waals surface area contributed by atoms with E-state index in [-0.39, 0.29) is 36.1 Å². The number of anilines is 2. The van der Waals surface area contributed by atoms with E-state index in [4.69, 9.17) is 26.8 Å². The number of halogens is 1. The number of carbonyl (C=O) groups excluding carboxylic acids is 3. The molecule has 0 aliphatic heterocycles. The van der Waals surface area contributed by atoms with Crippen molar-refractivity contribution >= 4 is 40.9 Å². The van der Waals surface area contributed by atoms with Crippen LogP contribution in [0.5, 0.6) is 0 Å². The predicted octanol–water partition coefficient (Wildman–Crippen LogP) is 5.68. The van der Waals surface area contributed by atoms with E-state index in [1.54, 1.807) is 39.0 Å². The summed E-state index contributed by atoms with van der Waals surface area (Å²) in [7, 11) is 0. The lowest BCUT2D eigenvalue weighted by Gasteiger charge is -2.19. The fourth-order valence-electron chi connectivity index (χ4n) is 3.47. The first kappa shape index (κ1) is 27.7. The monoisotopic (exact) mass is 523 g/mol. The van der Waals surface area contributed by atoms with Gasteiger partial charge in [-0.1, -0.05) is 48.0 Å². The SMILES string of the molecule is CC(C)(C)OC(=O)Cc1cc(CN)cc(NC(=O)c2cc(Cl)cc(NC(=O)OCc3ccccc3)c2)c1. The maximum Gasteiger partial charge on any atom is 0.411 e. The third kappa shape index (κ3) is 9.25. The molecule has 194 valence electrons. The zero-order valence-corrected chi connectivity index (χ0v) is 21.7. The molecule has 3 rings (SSSR count). The number of nitrogens with two attached hydrogens (primary N) is 1. The van der Waals surface area contributed by atoms with Gasteiger partial charge in [-0.2, -0.15) is 0 Å². The molecule has 8 nitrogen and oxygen atoms in total. The van der Waals surface area contributed by atoms with Crippen LogP contribution in [-0.4, -0.2) is 23.6 Å². The highest BCUT2D eigenvalue weighted by Crippen LogP contribution is 2.22. The molecule has 0 atom stereocenters. The van der Waals surface area contributed by atoms with E-state index in [1.165, 1.54) is 18.2 Å². The first-order valence-corrected chi connectivity index (χ1v) is 12.0. The number of nitrogens with one attached hydrogen (secondary N) is 2. The maximum atomic E-state index is 13.0. The summed E-state index contributed by atoms with van der Waals surface area (Å²) in [4.78, 5) is 37.5. The number of amides is 2. The highest BCUT2D eigenvalue weighted by molar-refractivity contribution is 6.31. The van der Waals surface area contributed by atoms with Crippen LogP contribution in [-0.2, 0) is 33.8 Å². The number of hydrogen-bond donors (Lipinski definition) is 3. The molecule has 0 saturated carbocycles. The molecule has 0 aliphatic carbocycles. The van der Waals surface area contributed by atoms with Gasteiger partial charge in [-0.15, -0.1) is 0 Å². The molecule has 3 aromatic rings. The Hall–Kier alpha value is -3.88. The molecular weight excluding hydrogens is 494 g/mol. The molecule has 0 aliphatic rings. The highest BCUT2D eigenvalue weighted by Gasteiger charge is 2.18. The van der Waals surface area contributed by atoms with Crippen molar-refractivity contribution in [3.8, 4) is 0 Å². The number of hydrogen-bond acceptors (Lipinski definition) is 6. The summed E-state index contributed by atoms with van der Waals surface area (Å²) in [6.45, 7) is 5.71. The van der Waals surface area contributed by atoms with E-state index in [0.717, 1.165) is 11.1 Å². The quantitative estimate of drug-likeness (QED) is 0.326. The van der Waals surface area contributed by atoms with Crippen molar-refractivity contribution in [1.82, 2.24) is 0 Å². The van der Waals surface area contributed by atoms with E-state index < -0.39 is 17.6 Å². The van der Waals surface area contributed by atoms with Crippen molar-refractivity contribution in [2.24, 2.45) is 5.73 Å². The zero-order valence-electron chi connectivity index (χ0n) is 21.0. The Morgan fingerprint density at radius 2 is 1.54 bits per heavy atom. The Labute approximate surface area is 221 Å². The molecule has 3 aromatic carbocycles. The molecule has 0 fully saturated rings. The smallest absolute Gasteiger partial charge is 0.411 e. The average molecular weight is 524 g/mol. The summed E-state index contributed by atoms with van der Waals surface area (Å²) in [5.74, 6) is -0.843. The van der Waals surface area contributed by atoms with Crippen molar-refractivity contribution in [2.45, 2.75) is 45.9 Å². The Balaban J connectivity index is 1.69. The third-order valence-corrected chi connectivity index (χ3v) is 5.15. The van der Waals surface area contributed by atoms with Crippen LogP contribution in [0.2, 0.25) is 5.02 Å². The second-order valence-corrected chi connectivity index (χ2v) is 9.81. The van der Waals surface area contributed by atoms with Gasteiger partial charge in [0.15, 0.2) is 0 Å². The van der Waals surface area contributed by atoms with Crippen LogP contribution in [0.1, 0.15) is 47.8 Å². The van der Waals surface area contributed by atoms with Crippen molar-refractivity contribution < 1.29 is 23.9 Å². The lowest BCUT2D eigenvalue weighted by atomic mass is 10.1. The first-order valence-electron chi connectivity index (χ1n) is 11.6. The Morgan fingerprint density at radius 1 is 0.865 bits per heavy atom. The number of ether oxygens (including phenoxy) is 2. The largest absolute Gasteiger partial charge is 0.460 e. The van der Waals surface area contributed by atoms with Crippen LogP contribution >= 0.6 is 11.6 Å². The second-order valence-electron chi connectivity index (χ2n) is 9.37. The van der Waals surface area contributed by atoms with Gasteiger partial charge in [0.25, 0.3) is 5.91 Å². The third-order valence-electron chi connectivity index (χ3n) is 4.93. The van der Waals surface area contributed by atoms with Gasteiger partial charge in [0.2, 0.25) is 0 Å². The topological polar surface area (TPSA) is 120 Å². The molecule has 37 heavy (non-hydrogen) atoms. The van der Waals surface area contributed by atoms with Gasteiger partial charge in [0, 0.05) is 28.5 Å². The molecule has 9 heteroatoms. The minimum absolute atomic E-state index is 0.0321. The predicted molar refractivity (Wildman–Crippen MR) is 144 cm³/mol. The summed E-state index contributed by atoms with van der Waals surface area (Å²) in [6.07, 6.45) is -0.649. The molecule has 0 saturated heterocycles. The summed E-state index contributed by atoms with van der Waals surface area (Å²) in [5, 5.41) is 5.64. The van der Waals surface area contributed by atoms with Crippen molar-refractivity contribution in [2.75, 3.05) is 10.6 Å². The molecule has 0 spiro atoms. The molecule has 0 bridgehead atoms. The molecule has 2 amide bonds. The molecule has 0 radical (unpaired) electrons. The maximum absolute atomic E-state index is 13.0. The van der Waals surface area contributed by atoms with Gasteiger partial charge in [-0.05, 0) is 67.8 Å². The zero-order chi connectivity index (χ0) is 27.0. The number of esters is 1. The van der Waals surface area contributed by atoms with Crippen LogP contribution in [0.25, 0.3) is 0 Å². The fraction of sp³-hybridized carbons (Fsp3) is 0.250. The average Bonchev–Trinajstić information content (AvgIpc) is 2.81. The lowest BCUT2D eigenvalue weighted by molar-refractivity contribution is -0.153. The van der Waals surface area contributed by atoms with Gasteiger partial charge in [0.1, 0.15) is 12.2 Å². The van der Waals surface area contributed by atoms with Crippen LogP contribution in [0.4, 0.5) is 16.2 Å². The van der Waals surface area contributed by atoms with Crippen LogP contribution in [0.15, 0.2) is 66.7 Å². The van der Waals surface area contributed by atoms with Gasteiger partial charge in [0.05, 0.1) is 6.42 Å². The fourth-order valence-corrected chi connectivity index (χ4v) is 3.71. The van der Waals surface area contributed by atoms with E-state index in [1.807, 2.05) is 30.3 Å². The molecule has 0 unspecified atom stereocenters. The normalized spacial score (nSPS) is 10.9. The first-order chi connectivity index (χ1) is 17.5. The Bertz CT molecular complexity index is 1270. The van der Waals surface area contributed by atoms with Crippen LogP contribution in [0.3, 0.4) is 0 Å². The summed E-state index contributed by atoms with van der Waals surface area (Å²) in [5.41, 5.74) is 8.43. The standard InChI is InChI=1S/C28H30ClN3O5/c1-28(2,3)37-25(33)12-19-9-20(16-30)11-23(10-19)31-26(34)21-13-22(29)15-24(14-21)32-27(35)36-17-18-7-5-4-6-8-18/h4-11,13-15H,12,16-17,30H2,1-3H3,(H,31,34)(H,32,35). The van der Waals surface area contributed by atoms with E-state index in [0.29, 0.717) is 16.9 Å². The van der Waals surface area contributed by atoms with Gasteiger partial charge in [-0.3, -0.25) is 14.9 Å². The number of benzene rings is 3. The second kappa shape index (κ2) is 12.4. The van der Waals surface area contributed by atoms with Gasteiger partial charge >= 0.3 is 12.1 Å². The molecular formula is C28H30ClN3O5. The van der Waals surface area contributed by atoms with Crippen molar-refractivity contribution in [3.05, 3.63) is 94.0 Å². The minimum atomic E-state index is -0.681. The Kier molecular flexibility index (Phi) is 9.27. The lowest BCUT2D eigenvalue weighted by Crippen LogP contribution is -2.25. The number of carbonyl (C=O) groups is 3.